The molecule has 4 rings (SSSR count). The van der Waals surface area contributed by atoms with Gasteiger partial charge in [0.25, 0.3) is 0 Å². The number of hydrogen-bond donors (Lipinski definition) is 1. The maximum absolute atomic E-state index is 5.87. The fraction of sp³-hybridized carbons (Fsp3) is 0.222. The third-order valence-corrected chi connectivity index (χ3v) is 5.06. The largest absolute Gasteiger partial charge is 0.367 e. The predicted molar refractivity (Wildman–Crippen MR) is 87.5 cm³/mol. The quantitative estimate of drug-likeness (QED) is 0.776. The van der Waals surface area contributed by atoms with Gasteiger partial charge >= 0.3 is 0 Å². The summed E-state index contributed by atoms with van der Waals surface area (Å²) in [6.45, 7) is 2.50. The number of rotatable bonds is 4. The zero-order chi connectivity index (χ0) is 14.1. The standard InChI is InChI=1S/C18H17NOS/c1-2-6-15-13(5-1)11-20-17(15)10-19-9-14-12-21-18-8-4-3-7-16(14)18/h1-8,12,17,19H,9-11H2. The molecule has 0 aliphatic carbocycles. The van der Waals surface area contributed by atoms with E-state index in [4.69, 9.17) is 4.74 Å². The van der Waals surface area contributed by atoms with Gasteiger partial charge in [-0.2, -0.15) is 0 Å². The van der Waals surface area contributed by atoms with Crippen LogP contribution in [0, 0.1) is 0 Å². The van der Waals surface area contributed by atoms with Crippen LogP contribution in [0.15, 0.2) is 53.9 Å². The topological polar surface area (TPSA) is 21.3 Å². The Morgan fingerprint density at radius 1 is 1.10 bits per heavy atom. The van der Waals surface area contributed by atoms with Crippen LogP contribution < -0.4 is 5.32 Å². The Balaban J connectivity index is 1.42. The van der Waals surface area contributed by atoms with Crippen LogP contribution in [-0.4, -0.2) is 6.54 Å². The zero-order valence-electron chi connectivity index (χ0n) is 11.7. The molecule has 0 amide bonds. The van der Waals surface area contributed by atoms with Crippen molar-refractivity contribution in [2.45, 2.75) is 19.3 Å². The molecule has 3 heteroatoms. The van der Waals surface area contributed by atoms with E-state index in [0.29, 0.717) is 0 Å². The van der Waals surface area contributed by atoms with Gasteiger partial charge in [0, 0.05) is 17.8 Å². The van der Waals surface area contributed by atoms with Crippen LogP contribution in [0.4, 0.5) is 0 Å². The molecular weight excluding hydrogens is 278 g/mol. The van der Waals surface area contributed by atoms with Gasteiger partial charge in [0.05, 0.1) is 12.7 Å². The minimum absolute atomic E-state index is 0.186. The molecule has 2 aromatic carbocycles. The zero-order valence-corrected chi connectivity index (χ0v) is 12.5. The number of ether oxygens (including phenoxy) is 1. The second kappa shape index (κ2) is 5.60. The molecule has 0 spiro atoms. The lowest BCUT2D eigenvalue weighted by Crippen LogP contribution is -2.20. The van der Waals surface area contributed by atoms with Gasteiger partial charge in [-0.1, -0.05) is 42.5 Å². The summed E-state index contributed by atoms with van der Waals surface area (Å²) in [6.07, 6.45) is 0.186. The van der Waals surface area contributed by atoms with Crippen molar-refractivity contribution < 1.29 is 4.74 Å². The summed E-state index contributed by atoms with van der Waals surface area (Å²) < 4.78 is 7.23. The fourth-order valence-electron chi connectivity index (χ4n) is 2.94. The first-order valence-electron chi connectivity index (χ1n) is 7.27. The summed E-state index contributed by atoms with van der Waals surface area (Å²) in [7, 11) is 0. The third kappa shape index (κ3) is 2.48. The molecule has 2 nitrogen and oxygen atoms in total. The molecule has 0 saturated heterocycles. The van der Waals surface area contributed by atoms with Crippen molar-refractivity contribution in [2.24, 2.45) is 0 Å². The van der Waals surface area contributed by atoms with Crippen LogP contribution in [0.5, 0.6) is 0 Å². The van der Waals surface area contributed by atoms with E-state index in [1.807, 2.05) is 11.3 Å². The molecule has 1 unspecified atom stereocenters. The van der Waals surface area contributed by atoms with Crippen LogP contribution in [-0.2, 0) is 17.9 Å². The molecular formula is C18H17NOS. The van der Waals surface area contributed by atoms with E-state index in [1.54, 1.807) is 0 Å². The van der Waals surface area contributed by atoms with E-state index in [-0.39, 0.29) is 6.10 Å². The molecule has 1 aromatic heterocycles. The SMILES string of the molecule is c1ccc2c(c1)COC2CNCc1csc2ccccc12. The molecule has 0 saturated carbocycles. The van der Waals surface area contributed by atoms with E-state index < -0.39 is 0 Å². The van der Waals surface area contributed by atoms with Gasteiger partial charge < -0.3 is 10.1 Å². The Labute approximate surface area is 128 Å². The smallest absolute Gasteiger partial charge is 0.0957 e. The van der Waals surface area contributed by atoms with Crippen LogP contribution >= 0.6 is 11.3 Å². The minimum Gasteiger partial charge on any atom is -0.367 e. The number of nitrogens with one attached hydrogen (secondary N) is 1. The summed E-state index contributed by atoms with van der Waals surface area (Å²) in [6, 6.07) is 17.1. The summed E-state index contributed by atoms with van der Waals surface area (Å²) in [5.74, 6) is 0. The Bertz CT molecular complexity index is 765. The fourth-order valence-corrected chi connectivity index (χ4v) is 3.90. The summed E-state index contributed by atoms with van der Waals surface area (Å²) in [4.78, 5) is 0. The first-order valence-corrected chi connectivity index (χ1v) is 8.15. The highest BCUT2D eigenvalue weighted by atomic mass is 32.1. The summed E-state index contributed by atoms with van der Waals surface area (Å²) in [5, 5.41) is 7.16. The number of hydrogen-bond acceptors (Lipinski definition) is 3. The van der Waals surface area contributed by atoms with Gasteiger partial charge in [-0.15, -0.1) is 11.3 Å². The Hall–Kier alpha value is -1.68. The highest BCUT2D eigenvalue weighted by Crippen LogP contribution is 2.30. The second-order valence-electron chi connectivity index (χ2n) is 5.39. The first kappa shape index (κ1) is 13.0. The van der Waals surface area contributed by atoms with Crippen LogP contribution in [0.25, 0.3) is 10.1 Å². The van der Waals surface area contributed by atoms with Crippen molar-refractivity contribution in [1.82, 2.24) is 5.32 Å². The number of fused-ring (bicyclic) bond motifs is 2. The van der Waals surface area contributed by atoms with Crippen molar-refractivity contribution in [2.75, 3.05) is 6.54 Å². The second-order valence-corrected chi connectivity index (χ2v) is 6.30. The van der Waals surface area contributed by atoms with Crippen molar-refractivity contribution in [3.05, 3.63) is 70.6 Å². The molecule has 1 aliphatic rings. The molecule has 0 radical (unpaired) electrons. The normalized spacial score (nSPS) is 17.2. The van der Waals surface area contributed by atoms with Crippen LogP contribution in [0.3, 0.4) is 0 Å². The Morgan fingerprint density at radius 2 is 1.95 bits per heavy atom. The maximum atomic E-state index is 5.87. The van der Waals surface area contributed by atoms with Gasteiger partial charge in [0.15, 0.2) is 0 Å². The van der Waals surface area contributed by atoms with Crippen LogP contribution in [0.1, 0.15) is 22.8 Å². The van der Waals surface area contributed by atoms with E-state index in [2.05, 4.69) is 59.2 Å². The van der Waals surface area contributed by atoms with E-state index in [0.717, 1.165) is 19.7 Å². The Morgan fingerprint density at radius 3 is 2.95 bits per heavy atom. The molecule has 1 aliphatic heterocycles. The molecule has 1 atom stereocenters. The number of thiophene rings is 1. The number of benzene rings is 2. The summed E-state index contributed by atoms with van der Waals surface area (Å²) >= 11 is 1.81. The van der Waals surface area contributed by atoms with Gasteiger partial charge in [0.1, 0.15) is 0 Å². The van der Waals surface area contributed by atoms with Crippen molar-refractivity contribution in [3.8, 4) is 0 Å². The van der Waals surface area contributed by atoms with E-state index in [9.17, 15) is 0 Å². The molecule has 21 heavy (non-hydrogen) atoms. The monoisotopic (exact) mass is 295 g/mol. The molecule has 0 bridgehead atoms. The minimum atomic E-state index is 0.186. The van der Waals surface area contributed by atoms with E-state index >= 15 is 0 Å². The molecule has 2 heterocycles. The molecule has 106 valence electrons. The van der Waals surface area contributed by atoms with Gasteiger partial charge in [-0.3, -0.25) is 0 Å². The van der Waals surface area contributed by atoms with Gasteiger partial charge in [-0.25, -0.2) is 0 Å². The average Bonchev–Trinajstić information content (AvgIpc) is 3.13. The lowest BCUT2D eigenvalue weighted by atomic mass is 10.1. The first-order chi connectivity index (χ1) is 10.4. The average molecular weight is 295 g/mol. The lowest BCUT2D eigenvalue weighted by Gasteiger charge is -2.12. The highest BCUT2D eigenvalue weighted by Gasteiger charge is 2.21. The summed E-state index contributed by atoms with van der Waals surface area (Å²) in [5.41, 5.74) is 4.03. The predicted octanol–water partition coefficient (Wildman–Crippen LogP) is 4.26. The van der Waals surface area contributed by atoms with Gasteiger partial charge in [-0.05, 0) is 33.5 Å². The maximum Gasteiger partial charge on any atom is 0.0957 e. The van der Waals surface area contributed by atoms with Crippen molar-refractivity contribution >= 4 is 21.4 Å². The lowest BCUT2D eigenvalue weighted by molar-refractivity contribution is 0.0658. The van der Waals surface area contributed by atoms with Crippen LogP contribution in [0.2, 0.25) is 0 Å². The van der Waals surface area contributed by atoms with Gasteiger partial charge in [0.2, 0.25) is 0 Å². The molecule has 3 aromatic rings. The Kier molecular flexibility index (Phi) is 3.47. The molecule has 1 N–H and O–H groups in total. The van der Waals surface area contributed by atoms with Crippen molar-refractivity contribution in [1.29, 1.82) is 0 Å². The van der Waals surface area contributed by atoms with Crippen molar-refractivity contribution in [3.63, 3.8) is 0 Å². The van der Waals surface area contributed by atoms with E-state index in [1.165, 1.54) is 26.8 Å². The highest BCUT2D eigenvalue weighted by molar-refractivity contribution is 7.17. The molecule has 0 fully saturated rings. The third-order valence-electron chi connectivity index (χ3n) is 4.05.